The van der Waals surface area contributed by atoms with E-state index in [1.165, 1.54) is 25.0 Å². The molecule has 0 radical (unpaired) electrons. The van der Waals surface area contributed by atoms with Crippen molar-refractivity contribution in [3.05, 3.63) is 59.1 Å². The van der Waals surface area contributed by atoms with Crippen molar-refractivity contribution < 1.29 is 17.9 Å². The van der Waals surface area contributed by atoms with E-state index in [2.05, 4.69) is 5.32 Å². The van der Waals surface area contributed by atoms with E-state index in [-0.39, 0.29) is 22.2 Å². The van der Waals surface area contributed by atoms with Crippen LogP contribution in [0.5, 0.6) is 0 Å². The fraction of sp³-hybridized carbons (Fsp3) is 0.435. The molecule has 0 bridgehead atoms. The molecule has 0 heterocycles. The lowest BCUT2D eigenvalue weighted by molar-refractivity contribution is -0.119. The second-order valence-corrected chi connectivity index (χ2v) is 10.0. The third-order valence-electron chi connectivity index (χ3n) is 5.32. The molecule has 3 rings (SSSR count). The van der Waals surface area contributed by atoms with E-state index in [0.717, 1.165) is 22.7 Å². The van der Waals surface area contributed by atoms with Crippen LogP contribution < -0.4 is 9.62 Å². The van der Waals surface area contributed by atoms with Gasteiger partial charge in [0.15, 0.2) is 0 Å². The molecule has 0 saturated heterocycles. The van der Waals surface area contributed by atoms with Crippen LogP contribution in [-0.2, 0) is 19.6 Å². The summed E-state index contributed by atoms with van der Waals surface area (Å²) >= 11 is 6.27. The zero-order chi connectivity index (χ0) is 22.3. The summed E-state index contributed by atoms with van der Waals surface area (Å²) in [5.41, 5.74) is 1.21. The maximum Gasteiger partial charge on any atom is 0.264 e. The van der Waals surface area contributed by atoms with Gasteiger partial charge in [0.2, 0.25) is 5.91 Å². The number of nitrogens with zero attached hydrogens (tertiary/aromatic N) is 1. The summed E-state index contributed by atoms with van der Waals surface area (Å²) in [4.78, 5) is 12.7. The number of hydrogen-bond donors (Lipinski definition) is 1. The molecule has 8 heteroatoms. The normalized spacial score (nSPS) is 14.5. The number of ether oxygens (including phenoxy) is 1. The van der Waals surface area contributed by atoms with Gasteiger partial charge in [0, 0.05) is 13.2 Å². The molecule has 168 valence electrons. The van der Waals surface area contributed by atoms with Gasteiger partial charge in [-0.3, -0.25) is 9.10 Å². The van der Waals surface area contributed by atoms with Crippen LogP contribution in [0.15, 0.2) is 53.4 Å². The molecule has 2 aromatic rings. The highest BCUT2D eigenvalue weighted by molar-refractivity contribution is 7.92. The second-order valence-electron chi connectivity index (χ2n) is 7.76. The van der Waals surface area contributed by atoms with Gasteiger partial charge in [0.1, 0.15) is 6.54 Å². The molecule has 6 nitrogen and oxygen atoms in total. The number of sulfonamides is 1. The van der Waals surface area contributed by atoms with E-state index in [0.29, 0.717) is 25.7 Å². The molecule has 31 heavy (non-hydrogen) atoms. The Morgan fingerprint density at radius 2 is 1.81 bits per heavy atom. The molecule has 0 spiro atoms. The Kier molecular flexibility index (Phi) is 8.35. The number of carbonyl (C=O) groups is 1. The van der Waals surface area contributed by atoms with E-state index >= 15 is 0 Å². The SMILES string of the molecule is Cc1ccc(S(=O)(=O)N(CC(=O)NCCCOC2CCCC2)c2ccccc2Cl)cc1. The second kappa shape index (κ2) is 11.0. The first-order valence-corrected chi connectivity index (χ1v) is 12.4. The number of aryl methyl sites for hydroxylation is 1. The Morgan fingerprint density at radius 3 is 2.48 bits per heavy atom. The number of anilines is 1. The van der Waals surface area contributed by atoms with Gasteiger partial charge in [-0.05, 0) is 50.5 Å². The van der Waals surface area contributed by atoms with Gasteiger partial charge in [-0.25, -0.2) is 8.42 Å². The Labute approximate surface area is 189 Å². The Balaban J connectivity index is 1.66. The molecule has 1 amide bonds. The summed E-state index contributed by atoms with van der Waals surface area (Å²) in [6.07, 6.45) is 5.67. The van der Waals surface area contributed by atoms with Crippen LogP contribution in [0.25, 0.3) is 0 Å². The van der Waals surface area contributed by atoms with Crippen LogP contribution in [-0.4, -0.2) is 40.1 Å². The number of amides is 1. The van der Waals surface area contributed by atoms with Crippen LogP contribution in [0.4, 0.5) is 5.69 Å². The molecule has 1 N–H and O–H groups in total. The number of carbonyl (C=O) groups excluding carboxylic acids is 1. The molecular weight excluding hydrogens is 436 g/mol. The van der Waals surface area contributed by atoms with E-state index < -0.39 is 15.9 Å². The zero-order valence-corrected chi connectivity index (χ0v) is 19.3. The van der Waals surface area contributed by atoms with Crippen molar-refractivity contribution in [2.75, 3.05) is 24.0 Å². The first kappa shape index (κ1) is 23.6. The largest absolute Gasteiger partial charge is 0.378 e. The van der Waals surface area contributed by atoms with Crippen molar-refractivity contribution in [2.45, 2.75) is 50.0 Å². The Morgan fingerprint density at radius 1 is 1.13 bits per heavy atom. The highest BCUT2D eigenvalue weighted by Gasteiger charge is 2.28. The number of nitrogens with one attached hydrogen (secondary N) is 1. The molecule has 0 aromatic heterocycles. The van der Waals surface area contributed by atoms with Crippen molar-refractivity contribution in [1.29, 1.82) is 0 Å². The number of hydrogen-bond acceptors (Lipinski definition) is 4. The van der Waals surface area contributed by atoms with Crippen molar-refractivity contribution in [3.8, 4) is 0 Å². The first-order valence-electron chi connectivity index (χ1n) is 10.6. The molecular formula is C23H29ClN2O4S. The number of rotatable bonds is 10. The van der Waals surface area contributed by atoms with Gasteiger partial charge in [0.05, 0.1) is 21.7 Å². The van der Waals surface area contributed by atoms with Crippen LogP contribution >= 0.6 is 11.6 Å². The molecule has 2 aromatic carbocycles. The highest BCUT2D eigenvalue weighted by atomic mass is 35.5. The van der Waals surface area contributed by atoms with E-state index in [4.69, 9.17) is 16.3 Å². The average Bonchev–Trinajstić information content (AvgIpc) is 3.26. The number of halogens is 1. The molecule has 1 saturated carbocycles. The first-order chi connectivity index (χ1) is 14.9. The van der Waals surface area contributed by atoms with E-state index in [9.17, 15) is 13.2 Å². The maximum absolute atomic E-state index is 13.3. The summed E-state index contributed by atoms with van der Waals surface area (Å²) in [6, 6.07) is 13.1. The van der Waals surface area contributed by atoms with Crippen molar-refractivity contribution >= 4 is 33.2 Å². The fourth-order valence-corrected chi connectivity index (χ4v) is 5.31. The topological polar surface area (TPSA) is 75.7 Å². The smallest absolute Gasteiger partial charge is 0.264 e. The van der Waals surface area contributed by atoms with Gasteiger partial charge in [-0.1, -0.05) is 54.3 Å². The summed E-state index contributed by atoms with van der Waals surface area (Å²) in [7, 11) is -3.97. The molecule has 1 aliphatic rings. The lowest BCUT2D eigenvalue weighted by Gasteiger charge is -2.25. The van der Waals surface area contributed by atoms with Crippen LogP contribution in [0.1, 0.15) is 37.7 Å². The molecule has 0 aliphatic heterocycles. The summed E-state index contributed by atoms with van der Waals surface area (Å²) in [6.45, 7) is 2.53. The standard InChI is InChI=1S/C23H29ClN2O4S/c1-18-11-13-20(14-12-18)31(28,29)26(22-10-5-4-9-21(22)24)17-23(27)25-15-6-16-30-19-7-2-3-8-19/h4-5,9-14,19H,2-3,6-8,15-17H2,1H3,(H,25,27). The third kappa shape index (κ3) is 6.45. The number of para-hydroxylation sites is 1. The highest BCUT2D eigenvalue weighted by Crippen LogP contribution is 2.30. The molecule has 0 atom stereocenters. The van der Waals surface area contributed by atoms with Crippen LogP contribution in [0.3, 0.4) is 0 Å². The number of benzene rings is 2. The predicted molar refractivity (Wildman–Crippen MR) is 123 cm³/mol. The van der Waals surface area contributed by atoms with Crippen molar-refractivity contribution in [1.82, 2.24) is 5.32 Å². The molecule has 1 fully saturated rings. The maximum atomic E-state index is 13.3. The Hall–Kier alpha value is -2.09. The quantitative estimate of drug-likeness (QED) is 0.531. The summed E-state index contributed by atoms with van der Waals surface area (Å²) in [5, 5.41) is 3.05. The minimum Gasteiger partial charge on any atom is -0.378 e. The predicted octanol–water partition coefficient (Wildman–Crippen LogP) is 4.31. The zero-order valence-electron chi connectivity index (χ0n) is 17.7. The van der Waals surface area contributed by atoms with E-state index in [1.54, 1.807) is 36.4 Å². The van der Waals surface area contributed by atoms with Crippen molar-refractivity contribution in [3.63, 3.8) is 0 Å². The molecule has 1 aliphatic carbocycles. The molecule has 0 unspecified atom stereocenters. The lowest BCUT2D eigenvalue weighted by atomic mass is 10.2. The summed E-state index contributed by atoms with van der Waals surface area (Å²) < 4.78 is 33.5. The third-order valence-corrected chi connectivity index (χ3v) is 7.41. The van der Waals surface area contributed by atoms with Crippen LogP contribution in [0.2, 0.25) is 5.02 Å². The van der Waals surface area contributed by atoms with Gasteiger partial charge in [-0.15, -0.1) is 0 Å². The van der Waals surface area contributed by atoms with Gasteiger partial charge in [-0.2, -0.15) is 0 Å². The average molecular weight is 465 g/mol. The lowest BCUT2D eigenvalue weighted by Crippen LogP contribution is -2.41. The van der Waals surface area contributed by atoms with Crippen LogP contribution in [0, 0.1) is 6.92 Å². The van der Waals surface area contributed by atoms with Gasteiger partial charge < -0.3 is 10.1 Å². The minimum atomic E-state index is -3.97. The Bertz CT molecular complexity index is 973. The monoisotopic (exact) mass is 464 g/mol. The van der Waals surface area contributed by atoms with Gasteiger partial charge in [0.25, 0.3) is 10.0 Å². The van der Waals surface area contributed by atoms with Gasteiger partial charge >= 0.3 is 0 Å². The van der Waals surface area contributed by atoms with E-state index in [1.807, 2.05) is 6.92 Å². The summed E-state index contributed by atoms with van der Waals surface area (Å²) in [5.74, 6) is -0.392. The fourth-order valence-electron chi connectivity index (χ4n) is 3.58. The van der Waals surface area contributed by atoms with Crippen molar-refractivity contribution in [2.24, 2.45) is 0 Å². The minimum absolute atomic E-state index is 0.107.